The molecule has 0 unspecified atom stereocenters. The third-order valence-electron chi connectivity index (χ3n) is 8.08. The van der Waals surface area contributed by atoms with E-state index in [4.69, 9.17) is 4.74 Å². The lowest BCUT2D eigenvalue weighted by atomic mass is 9.58. The van der Waals surface area contributed by atoms with Crippen LogP contribution in [0.2, 0.25) is 0 Å². The molecule has 0 amide bonds. The van der Waals surface area contributed by atoms with Crippen molar-refractivity contribution in [2.75, 3.05) is 0 Å². The van der Waals surface area contributed by atoms with Crippen molar-refractivity contribution < 1.29 is 19.7 Å². The van der Waals surface area contributed by atoms with Crippen LogP contribution in [-0.2, 0) is 28.0 Å². The van der Waals surface area contributed by atoms with E-state index < -0.39 is 23.3 Å². The van der Waals surface area contributed by atoms with Crippen LogP contribution in [0.1, 0.15) is 34.6 Å². The van der Waals surface area contributed by atoms with Crippen molar-refractivity contribution in [1.82, 2.24) is 0 Å². The number of ether oxygens (including phenoxy) is 1. The van der Waals surface area contributed by atoms with Crippen molar-refractivity contribution in [1.29, 1.82) is 0 Å². The summed E-state index contributed by atoms with van der Waals surface area (Å²) >= 11 is 0. The molecule has 4 aromatic rings. The Kier molecular flexibility index (Phi) is 6.22. The quantitative estimate of drug-likeness (QED) is 0.342. The Labute approximate surface area is 222 Å². The van der Waals surface area contributed by atoms with Crippen molar-refractivity contribution >= 4 is 5.97 Å². The number of rotatable bonds is 6. The molecule has 1 heterocycles. The second kappa shape index (κ2) is 9.71. The molecule has 0 bridgehead atoms. The number of carbonyl (C=O) groups excluding carboxylic acids is 1. The highest BCUT2D eigenvalue weighted by molar-refractivity contribution is 5.95. The topological polar surface area (TPSA) is 66.8 Å². The number of aliphatic hydroxyl groups is 2. The van der Waals surface area contributed by atoms with Crippen molar-refractivity contribution in [3.63, 3.8) is 0 Å². The zero-order valence-electron chi connectivity index (χ0n) is 21.0. The minimum Gasteiger partial charge on any atom is -0.450 e. The van der Waals surface area contributed by atoms with E-state index in [0.717, 1.165) is 16.7 Å². The molecule has 2 aliphatic rings. The molecule has 6 rings (SSSR count). The molecule has 0 saturated heterocycles. The van der Waals surface area contributed by atoms with Crippen LogP contribution < -0.4 is 0 Å². The summed E-state index contributed by atoms with van der Waals surface area (Å²) in [5, 5.41) is 24.4. The summed E-state index contributed by atoms with van der Waals surface area (Å²) in [5.41, 5.74) is 1.37. The molecule has 4 aromatic carbocycles. The van der Waals surface area contributed by atoms with Gasteiger partial charge in [-0.3, -0.25) is 0 Å². The monoisotopic (exact) mass is 502 g/mol. The summed E-state index contributed by atoms with van der Waals surface area (Å²) < 4.78 is 6.49. The molecule has 190 valence electrons. The van der Waals surface area contributed by atoms with Gasteiger partial charge in [0.05, 0.1) is 6.10 Å². The third-order valence-corrected chi connectivity index (χ3v) is 8.08. The molecule has 4 heteroatoms. The van der Waals surface area contributed by atoms with Gasteiger partial charge in [-0.25, -0.2) is 4.79 Å². The van der Waals surface area contributed by atoms with Crippen LogP contribution in [0.5, 0.6) is 0 Å². The maximum atomic E-state index is 13.9. The molecular weight excluding hydrogens is 472 g/mol. The number of carbonyl (C=O) groups is 1. The van der Waals surface area contributed by atoms with E-state index >= 15 is 0 Å². The molecule has 38 heavy (non-hydrogen) atoms. The Bertz CT molecular complexity index is 1450. The number of benzene rings is 4. The lowest BCUT2D eigenvalue weighted by molar-refractivity contribution is -0.161. The van der Waals surface area contributed by atoms with Crippen LogP contribution in [0.3, 0.4) is 0 Å². The van der Waals surface area contributed by atoms with E-state index in [9.17, 15) is 15.0 Å². The van der Waals surface area contributed by atoms with Crippen LogP contribution in [0.25, 0.3) is 0 Å². The predicted octanol–water partition coefficient (Wildman–Crippen LogP) is 5.50. The van der Waals surface area contributed by atoms with Gasteiger partial charge in [0.25, 0.3) is 0 Å². The standard InChI is InChI=1S/C34H30O4/c35-30-22-29(26-17-9-3-10-18-26)33(23-25-15-7-2-8-16-25)31(34(30,37)27-19-11-4-12-20-27)28(32(36)38-33)21-24-13-5-1-6-14-24/h1-20,29-30,35,37H,21-23H2/t29-,30+,33-,34-/m1/s1. The molecule has 2 N–H and O–H groups in total. The smallest absolute Gasteiger partial charge is 0.335 e. The van der Waals surface area contributed by atoms with Crippen LogP contribution in [0.4, 0.5) is 0 Å². The van der Waals surface area contributed by atoms with Crippen molar-refractivity contribution in [2.24, 2.45) is 0 Å². The third kappa shape index (κ3) is 3.97. The lowest BCUT2D eigenvalue weighted by Gasteiger charge is -2.52. The number of aliphatic hydroxyl groups excluding tert-OH is 1. The Balaban J connectivity index is 1.64. The van der Waals surface area contributed by atoms with Crippen LogP contribution in [-0.4, -0.2) is 27.9 Å². The van der Waals surface area contributed by atoms with Gasteiger partial charge < -0.3 is 14.9 Å². The predicted molar refractivity (Wildman–Crippen MR) is 146 cm³/mol. The second-order valence-electron chi connectivity index (χ2n) is 10.3. The van der Waals surface area contributed by atoms with E-state index in [1.807, 2.05) is 121 Å². The Morgan fingerprint density at radius 3 is 1.87 bits per heavy atom. The molecule has 1 aliphatic carbocycles. The fourth-order valence-electron chi connectivity index (χ4n) is 6.41. The summed E-state index contributed by atoms with van der Waals surface area (Å²) in [5.74, 6) is -0.792. The zero-order valence-corrected chi connectivity index (χ0v) is 21.0. The van der Waals surface area contributed by atoms with E-state index in [1.165, 1.54) is 0 Å². The van der Waals surface area contributed by atoms with Crippen LogP contribution >= 0.6 is 0 Å². The first kappa shape index (κ1) is 24.4. The number of hydrogen-bond acceptors (Lipinski definition) is 4. The van der Waals surface area contributed by atoms with Gasteiger partial charge in [-0.2, -0.15) is 0 Å². The van der Waals surface area contributed by atoms with E-state index in [0.29, 0.717) is 29.6 Å². The maximum absolute atomic E-state index is 13.9. The molecule has 1 aliphatic heterocycles. The summed E-state index contributed by atoms with van der Waals surface area (Å²) in [6.45, 7) is 0. The highest BCUT2D eigenvalue weighted by Gasteiger charge is 2.65. The Hall–Kier alpha value is -3.99. The largest absolute Gasteiger partial charge is 0.450 e. The summed E-state index contributed by atoms with van der Waals surface area (Å²) in [4.78, 5) is 13.9. The van der Waals surface area contributed by atoms with Gasteiger partial charge in [0, 0.05) is 29.9 Å². The van der Waals surface area contributed by atoms with Gasteiger partial charge in [0.15, 0.2) is 0 Å². The summed E-state index contributed by atoms with van der Waals surface area (Å²) in [7, 11) is 0. The van der Waals surface area contributed by atoms with E-state index in [1.54, 1.807) is 0 Å². The molecule has 1 fully saturated rings. The van der Waals surface area contributed by atoms with Crippen molar-refractivity contribution in [3.8, 4) is 0 Å². The number of fused-ring (bicyclic) bond motifs is 1. The highest BCUT2D eigenvalue weighted by Crippen LogP contribution is 2.59. The Morgan fingerprint density at radius 2 is 1.26 bits per heavy atom. The number of esters is 1. The molecule has 4 atom stereocenters. The normalized spacial score (nSPS) is 26.6. The summed E-state index contributed by atoms with van der Waals surface area (Å²) in [6.07, 6.45) is -0.226. The minimum absolute atomic E-state index is 0.234. The second-order valence-corrected chi connectivity index (χ2v) is 10.3. The lowest BCUT2D eigenvalue weighted by Crippen LogP contribution is -2.58. The molecular formula is C34H30O4. The van der Waals surface area contributed by atoms with Gasteiger partial charge in [-0.15, -0.1) is 0 Å². The van der Waals surface area contributed by atoms with Crippen molar-refractivity contribution in [2.45, 2.75) is 42.5 Å². The van der Waals surface area contributed by atoms with Gasteiger partial charge in [0.2, 0.25) is 0 Å². The molecule has 0 radical (unpaired) electrons. The molecule has 1 saturated carbocycles. The maximum Gasteiger partial charge on any atom is 0.335 e. The van der Waals surface area contributed by atoms with Gasteiger partial charge in [0.1, 0.15) is 11.2 Å². The average Bonchev–Trinajstić information content (AvgIpc) is 3.24. The fourth-order valence-corrected chi connectivity index (χ4v) is 6.41. The SMILES string of the molecule is O=C1O[C@@]2(Cc3ccccc3)C(=C1Cc1ccccc1)[C@@](O)(c1ccccc1)[C@@H](O)C[C@@H]2c1ccccc1. The van der Waals surface area contributed by atoms with E-state index in [2.05, 4.69) is 0 Å². The van der Waals surface area contributed by atoms with Gasteiger partial charge in [-0.1, -0.05) is 121 Å². The minimum atomic E-state index is -1.79. The van der Waals surface area contributed by atoms with Crippen LogP contribution in [0.15, 0.2) is 132 Å². The molecule has 0 spiro atoms. The highest BCUT2D eigenvalue weighted by atomic mass is 16.6. The van der Waals surface area contributed by atoms with Gasteiger partial charge >= 0.3 is 5.97 Å². The first-order valence-electron chi connectivity index (χ1n) is 13.1. The molecule has 4 nitrogen and oxygen atoms in total. The molecule has 0 aromatic heterocycles. The fraction of sp³-hybridized carbons (Fsp3) is 0.206. The zero-order chi connectivity index (χ0) is 26.2. The first-order valence-corrected chi connectivity index (χ1v) is 13.1. The van der Waals surface area contributed by atoms with Crippen LogP contribution in [0, 0.1) is 0 Å². The number of hydrogen-bond donors (Lipinski definition) is 2. The first-order chi connectivity index (χ1) is 18.5. The van der Waals surface area contributed by atoms with E-state index in [-0.39, 0.29) is 12.3 Å². The Morgan fingerprint density at radius 1 is 0.737 bits per heavy atom. The van der Waals surface area contributed by atoms with Gasteiger partial charge in [-0.05, 0) is 28.7 Å². The average molecular weight is 503 g/mol. The van der Waals surface area contributed by atoms with Crippen molar-refractivity contribution in [3.05, 3.63) is 155 Å². The summed E-state index contributed by atoms with van der Waals surface area (Å²) in [6, 6.07) is 38.8.